The van der Waals surface area contributed by atoms with E-state index in [4.69, 9.17) is 9.47 Å². The lowest BCUT2D eigenvalue weighted by Crippen LogP contribution is -2.53. The molecule has 1 N–H and O–H groups in total. The Morgan fingerprint density at radius 3 is 2.85 bits per heavy atom. The average Bonchev–Trinajstić information content (AvgIpc) is 2.67. The van der Waals surface area contributed by atoms with Crippen LogP contribution in [0, 0.1) is 23.7 Å². The zero-order valence-electron chi connectivity index (χ0n) is 7.43. The van der Waals surface area contributed by atoms with Gasteiger partial charge in [-0.15, -0.1) is 0 Å². The lowest BCUT2D eigenvalue weighted by Gasteiger charge is -2.47. The predicted octanol–water partition coefficient (Wildman–Crippen LogP) is 0.375. The molecule has 0 radical (unpaired) electrons. The fraction of sp³-hybridized carbons (Fsp3) is 1.00. The number of rotatable bonds is 0. The Labute approximate surface area is 77.0 Å². The van der Waals surface area contributed by atoms with Crippen LogP contribution < -0.4 is 0 Å². The van der Waals surface area contributed by atoms with Crippen molar-refractivity contribution in [1.82, 2.24) is 0 Å². The molecule has 3 nitrogen and oxygen atoms in total. The van der Waals surface area contributed by atoms with Crippen LogP contribution in [-0.2, 0) is 9.47 Å². The Morgan fingerprint density at radius 1 is 1.08 bits per heavy atom. The molecule has 3 saturated carbocycles. The second kappa shape index (κ2) is 2.10. The molecule has 13 heavy (non-hydrogen) atoms. The maximum absolute atomic E-state index is 10.0. The van der Waals surface area contributed by atoms with Gasteiger partial charge >= 0.3 is 0 Å². The van der Waals surface area contributed by atoms with Crippen molar-refractivity contribution >= 4 is 0 Å². The lowest BCUT2D eigenvalue weighted by molar-refractivity contribution is -0.176. The summed E-state index contributed by atoms with van der Waals surface area (Å²) < 4.78 is 11.4. The monoisotopic (exact) mass is 182 g/mol. The molecule has 2 aliphatic heterocycles. The lowest BCUT2D eigenvalue weighted by atomic mass is 9.58. The van der Waals surface area contributed by atoms with Gasteiger partial charge in [-0.3, -0.25) is 0 Å². The molecular formula is C10H14O3. The van der Waals surface area contributed by atoms with Crippen molar-refractivity contribution < 1.29 is 14.6 Å². The number of fused-ring (bicyclic) bond motifs is 1. The SMILES string of the molecule is O[C@@H]1[C@H]2CC[C@H]3[C@@H]1O[C@H]1OC[C@@H]2[C@H]13. The van der Waals surface area contributed by atoms with E-state index in [1.807, 2.05) is 0 Å². The molecule has 0 aromatic carbocycles. The minimum absolute atomic E-state index is 0.0277. The maximum Gasteiger partial charge on any atom is 0.161 e. The van der Waals surface area contributed by atoms with E-state index in [2.05, 4.69) is 0 Å². The Bertz CT molecular complexity index is 247. The van der Waals surface area contributed by atoms with E-state index in [1.165, 1.54) is 12.8 Å². The third kappa shape index (κ3) is 0.661. The Kier molecular flexibility index (Phi) is 1.16. The van der Waals surface area contributed by atoms with E-state index < -0.39 is 0 Å². The molecule has 72 valence electrons. The van der Waals surface area contributed by atoms with E-state index in [9.17, 15) is 5.11 Å². The molecule has 0 aromatic heterocycles. The van der Waals surface area contributed by atoms with Gasteiger partial charge in [-0.05, 0) is 30.6 Å². The van der Waals surface area contributed by atoms with Crippen molar-refractivity contribution in [3.8, 4) is 0 Å². The molecule has 5 rings (SSSR count). The second-order valence-corrected chi connectivity index (χ2v) is 4.94. The summed E-state index contributed by atoms with van der Waals surface area (Å²) in [4.78, 5) is 0. The van der Waals surface area contributed by atoms with Crippen LogP contribution in [0.15, 0.2) is 0 Å². The second-order valence-electron chi connectivity index (χ2n) is 4.94. The first-order chi connectivity index (χ1) is 6.36. The number of hydrogen-bond donors (Lipinski definition) is 1. The van der Waals surface area contributed by atoms with Gasteiger partial charge in [-0.1, -0.05) is 0 Å². The fourth-order valence-electron chi connectivity index (χ4n) is 4.12. The van der Waals surface area contributed by atoms with Crippen LogP contribution in [-0.4, -0.2) is 30.2 Å². The molecule has 5 aliphatic rings. The molecule has 0 unspecified atom stereocenters. The molecule has 3 aliphatic carbocycles. The van der Waals surface area contributed by atoms with Gasteiger partial charge in [0.25, 0.3) is 0 Å². The van der Waals surface area contributed by atoms with Crippen LogP contribution in [0.2, 0.25) is 0 Å². The summed E-state index contributed by atoms with van der Waals surface area (Å²) in [7, 11) is 0. The summed E-state index contributed by atoms with van der Waals surface area (Å²) in [5, 5.41) is 10.0. The number of ether oxygens (including phenoxy) is 2. The van der Waals surface area contributed by atoms with Gasteiger partial charge in [0.05, 0.1) is 18.8 Å². The molecule has 2 heterocycles. The fourth-order valence-corrected chi connectivity index (χ4v) is 4.12. The van der Waals surface area contributed by atoms with Crippen molar-refractivity contribution in [3.63, 3.8) is 0 Å². The molecule has 0 aromatic rings. The molecule has 2 saturated heterocycles. The smallest absolute Gasteiger partial charge is 0.161 e. The number of aliphatic hydroxyl groups is 1. The maximum atomic E-state index is 10.0. The molecule has 0 amide bonds. The molecule has 0 spiro atoms. The van der Waals surface area contributed by atoms with E-state index >= 15 is 0 Å². The summed E-state index contributed by atoms with van der Waals surface area (Å²) in [6.07, 6.45) is 2.36. The summed E-state index contributed by atoms with van der Waals surface area (Å²) in [5.41, 5.74) is 0. The highest BCUT2D eigenvalue weighted by Crippen LogP contribution is 2.59. The van der Waals surface area contributed by atoms with Gasteiger partial charge in [-0.25, -0.2) is 0 Å². The number of aliphatic hydroxyl groups excluding tert-OH is 1. The highest BCUT2D eigenvalue weighted by Gasteiger charge is 2.64. The number of hydrogen-bond acceptors (Lipinski definition) is 3. The van der Waals surface area contributed by atoms with E-state index in [0.717, 1.165) is 6.61 Å². The van der Waals surface area contributed by atoms with E-state index in [1.54, 1.807) is 0 Å². The van der Waals surface area contributed by atoms with Crippen LogP contribution in [0.4, 0.5) is 0 Å². The van der Waals surface area contributed by atoms with Crippen molar-refractivity contribution in [2.24, 2.45) is 23.7 Å². The van der Waals surface area contributed by atoms with Gasteiger partial charge in [0.15, 0.2) is 6.29 Å². The normalized spacial score (nSPS) is 67.6. The summed E-state index contributed by atoms with van der Waals surface area (Å²) in [6, 6.07) is 0. The summed E-state index contributed by atoms with van der Waals surface area (Å²) in [5.74, 6) is 2.27. The largest absolute Gasteiger partial charge is 0.390 e. The molecule has 4 bridgehead atoms. The van der Waals surface area contributed by atoms with E-state index in [0.29, 0.717) is 23.7 Å². The van der Waals surface area contributed by atoms with Gasteiger partial charge in [0.2, 0.25) is 0 Å². The zero-order chi connectivity index (χ0) is 8.58. The molecular weight excluding hydrogens is 168 g/mol. The van der Waals surface area contributed by atoms with Crippen LogP contribution in [0.1, 0.15) is 12.8 Å². The van der Waals surface area contributed by atoms with Crippen LogP contribution in [0.25, 0.3) is 0 Å². The summed E-state index contributed by atoms with van der Waals surface area (Å²) in [6.45, 7) is 0.820. The van der Waals surface area contributed by atoms with Crippen LogP contribution in [0.3, 0.4) is 0 Å². The zero-order valence-corrected chi connectivity index (χ0v) is 7.43. The van der Waals surface area contributed by atoms with Crippen molar-refractivity contribution in [1.29, 1.82) is 0 Å². The summed E-state index contributed by atoms with van der Waals surface area (Å²) >= 11 is 0. The van der Waals surface area contributed by atoms with Gasteiger partial charge in [-0.2, -0.15) is 0 Å². The van der Waals surface area contributed by atoms with Crippen molar-refractivity contribution in [2.75, 3.05) is 6.61 Å². The topological polar surface area (TPSA) is 38.7 Å². The minimum atomic E-state index is -0.200. The third-order valence-corrected chi connectivity index (χ3v) is 4.63. The van der Waals surface area contributed by atoms with Gasteiger partial charge in [0, 0.05) is 5.92 Å². The van der Waals surface area contributed by atoms with E-state index in [-0.39, 0.29) is 18.5 Å². The molecule has 5 fully saturated rings. The quantitative estimate of drug-likeness (QED) is 0.588. The Morgan fingerprint density at radius 2 is 1.92 bits per heavy atom. The minimum Gasteiger partial charge on any atom is -0.390 e. The first-order valence-electron chi connectivity index (χ1n) is 5.31. The Balaban J connectivity index is 1.84. The van der Waals surface area contributed by atoms with Crippen LogP contribution >= 0.6 is 0 Å². The molecule has 7 atom stereocenters. The average molecular weight is 182 g/mol. The predicted molar refractivity (Wildman–Crippen MR) is 43.8 cm³/mol. The van der Waals surface area contributed by atoms with Gasteiger partial charge < -0.3 is 14.6 Å². The van der Waals surface area contributed by atoms with Crippen molar-refractivity contribution in [3.05, 3.63) is 0 Å². The Hall–Kier alpha value is -0.120. The first kappa shape index (κ1) is 7.21. The van der Waals surface area contributed by atoms with Crippen molar-refractivity contribution in [2.45, 2.75) is 31.3 Å². The standard InChI is InChI=1S/C10H14O3/c11-8-4-1-2-5-7-6(4)3-12-10(7)13-9(5)8/h4-11H,1-3H2/t4-,5+,6-,7+,8+,9-,10+/m0/s1. The van der Waals surface area contributed by atoms with Gasteiger partial charge in [0.1, 0.15) is 0 Å². The first-order valence-corrected chi connectivity index (χ1v) is 5.31. The third-order valence-electron chi connectivity index (χ3n) is 4.63. The highest BCUT2D eigenvalue weighted by atomic mass is 16.7. The highest BCUT2D eigenvalue weighted by molar-refractivity contribution is 5.09. The molecule has 3 heteroatoms. The van der Waals surface area contributed by atoms with Crippen LogP contribution in [0.5, 0.6) is 0 Å².